The van der Waals surface area contributed by atoms with Gasteiger partial charge >= 0.3 is 0 Å². The van der Waals surface area contributed by atoms with Crippen LogP contribution in [0.25, 0.3) is 0 Å². The Labute approximate surface area is 148 Å². The van der Waals surface area contributed by atoms with E-state index in [4.69, 9.17) is 4.43 Å². The highest BCUT2D eigenvalue weighted by molar-refractivity contribution is 7.92. The minimum Gasteiger partial charge on any atom is -0.417 e. The molecule has 0 bridgehead atoms. The van der Waals surface area contributed by atoms with Crippen LogP contribution in [0, 0.1) is 6.92 Å². The zero-order valence-corrected chi connectivity index (χ0v) is 17.6. The molecular formula is C18H31NO3SSi. The summed E-state index contributed by atoms with van der Waals surface area (Å²) in [7, 11) is -5.28. The van der Waals surface area contributed by atoms with Crippen LogP contribution in [0.3, 0.4) is 0 Å². The average Bonchev–Trinajstić information content (AvgIpc) is 2.46. The summed E-state index contributed by atoms with van der Waals surface area (Å²) in [5.41, 5.74) is 1.03. The summed E-state index contributed by atoms with van der Waals surface area (Å²) in [5, 5.41) is -0.667. The van der Waals surface area contributed by atoms with E-state index < -0.39 is 23.5 Å². The van der Waals surface area contributed by atoms with E-state index in [1.165, 1.54) is 0 Å². The normalized spacial score (nSPS) is 14.4. The lowest BCUT2D eigenvalue weighted by atomic mass is 10.2. The van der Waals surface area contributed by atoms with Gasteiger partial charge in [0, 0.05) is 6.61 Å². The van der Waals surface area contributed by atoms with E-state index in [9.17, 15) is 8.42 Å². The van der Waals surface area contributed by atoms with E-state index in [2.05, 4.69) is 45.6 Å². The highest BCUT2D eigenvalue weighted by Crippen LogP contribution is 2.36. The van der Waals surface area contributed by atoms with Crippen LogP contribution in [0.5, 0.6) is 0 Å². The summed E-state index contributed by atoms with van der Waals surface area (Å²) < 4.78 is 31.4. The molecule has 0 aliphatic heterocycles. The van der Waals surface area contributed by atoms with Crippen LogP contribution in [0.2, 0.25) is 18.1 Å². The van der Waals surface area contributed by atoms with Gasteiger partial charge in [-0.25, -0.2) is 8.42 Å². The summed E-state index contributed by atoms with van der Waals surface area (Å²) in [6.07, 6.45) is 1.08. The number of hydrogen-bond donors (Lipinski definition) is 0. The Morgan fingerprint density at radius 1 is 1.21 bits per heavy atom. The van der Waals surface area contributed by atoms with Gasteiger partial charge < -0.3 is 4.43 Å². The maximum atomic E-state index is 12.7. The van der Waals surface area contributed by atoms with Crippen LogP contribution < -0.4 is 0 Å². The predicted molar refractivity (Wildman–Crippen MR) is 104 cm³/mol. The van der Waals surface area contributed by atoms with E-state index in [0.717, 1.165) is 5.56 Å². The fraction of sp³-hybridized carbons (Fsp3) is 0.611. The van der Waals surface area contributed by atoms with Crippen LogP contribution >= 0.6 is 0 Å². The Hall–Kier alpha value is -0.983. The van der Waals surface area contributed by atoms with Gasteiger partial charge in [0.1, 0.15) is 0 Å². The Balaban J connectivity index is 2.68. The van der Waals surface area contributed by atoms with Gasteiger partial charge in [-0.3, -0.25) is 4.99 Å². The molecular weight excluding hydrogens is 338 g/mol. The zero-order valence-electron chi connectivity index (χ0n) is 15.8. The number of nitrogens with zero attached hydrogens (tertiary/aromatic N) is 1. The molecule has 24 heavy (non-hydrogen) atoms. The summed E-state index contributed by atoms with van der Waals surface area (Å²) >= 11 is 0. The van der Waals surface area contributed by atoms with Gasteiger partial charge in [0.15, 0.2) is 13.7 Å². The first-order chi connectivity index (χ1) is 10.9. The summed E-state index contributed by atoms with van der Waals surface area (Å²) in [5.74, 6) is 0. The van der Waals surface area contributed by atoms with Crippen molar-refractivity contribution in [2.75, 3.05) is 6.61 Å². The number of sulfone groups is 1. The molecule has 0 aliphatic carbocycles. The largest absolute Gasteiger partial charge is 0.417 e. The molecule has 0 heterocycles. The molecule has 1 atom stereocenters. The van der Waals surface area contributed by atoms with Crippen molar-refractivity contribution in [3.8, 4) is 0 Å². The molecule has 1 rings (SSSR count). The second-order valence-electron chi connectivity index (χ2n) is 7.75. The van der Waals surface area contributed by atoms with Gasteiger partial charge in [0.25, 0.3) is 0 Å². The second-order valence-corrected chi connectivity index (χ2v) is 14.7. The van der Waals surface area contributed by atoms with E-state index in [1.807, 2.05) is 6.92 Å². The van der Waals surface area contributed by atoms with Crippen molar-refractivity contribution < 1.29 is 12.8 Å². The Morgan fingerprint density at radius 2 is 1.75 bits per heavy atom. The Morgan fingerprint density at radius 3 is 2.21 bits per heavy atom. The third-order valence-electron chi connectivity index (χ3n) is 4.78. The maximum absolute atomic E-state index is 12.7. The summed E-state index contributed by atoms with van der Waals surface area (Å²) in [4.78, 5) is 4.16. The number of benzene rings is 1. The molecule has 1 aromatic rings. The number of hydrogen-bond acceptors (Lipinski definition) is 4. The van der Waals surface area contributed by atoms with Crippen molar-refractivity contribution in [2.24, 2.45) is 4.99 Å². The van der Waals surface area contributed by atoms with Gasteiger partial charge in [-0.2, -0.15) is 0 Å². The minimum absolute atomic E-state index is 0.150. The van der Waals surface area contributed by atoms with Crippen molar-refractivity contribution in [2.45, 2.75) is 68.9 Å². The van der Waals surface area contributed by atoms with Crippen LogP contribution in [0.4, 0.5) is 0 Å². The lowest BCUT2D eigenvalue weighted by molar-refractivity contribution is 0.278. The van der Waals surface area contributed by atoms with Crippen molar-refractivity contribution in [1.29, 1.82) is 0 Å². The molecule has 1 unspecified atom stereocenters. The lowest BCUT2D eigenvalue weighted by Gasteiger charge is -2.36. The quantitative estimate of drug-likeness (QED) is 0.382. The third kappa shape index (κ3) is 5.26. The van der Waals surface area contributed by atoms with E-state index in [-0.39, 0.29) is 5.04 Å². The van der Waals surface area contributed by atoms with E-state index in [0.29, 0.717) is 24.3 Å². The Bertz CT molecular complexity index is 646. The van der Waals surface area contributed by atoms with Crippen LogP contribution in [-0.2, 0) is 14.3 Å². The molecule has 0 aromatic heterocycles. The molecule has 0 radical (unpaired) electrons. The zero-order chi connectivity index (χ0) is 18.6. The molecule has 136 valence electrons. The number of rotatable bonds is 8. The molecule has 0 fully saturated rings. The van der Waals surface area contributed by atoms with Gasteiger partial charge in [0.2, 0.25) is 9.84 Å². The highest BCUT2D eigenvalue weighted by atomic mass is 32.2. The molecule has 0 spiro atoms. The first-order valence-corrected chi connectivity index (χ1v) is 12.8. The molecule has 6 heteroatoms. The fourth-order valence-corrected chi connectivity index (χ4v) is 4.62. The summed E-state index contributed by atoms with van der Waals surface area (Å²) in [6.45, 7) is 16.9. The molecule has 0 saturated carbocycles. The fourth-order valence-electron chi connectivity index (χ4n) is 2.03. The number of aliphatic imine (C=N–C) groups is 1. The summed E-state index contributed by atoms with van der Waals surface area (Å²) in [6, 6.07) is 6.87. The first-order valence-electron chi connectivity index (χ1n) is 8.32. The van der Waals surface area contributed by atoms with Crippen molar-refractivity contribution in [3.05, 3.63) is 29.8 Å². The van der Waals surface area contributed by atoms with Crippen LogP contribution in [0.15, 0.2) is 34.2 Å². The SMILES string of the molecule is C=NC(CCCO[Si](C)(C)C(C)(C)C)S(=O)(=O)c1ccc(C)cc1. The van der Waals surface area contributed by atoms with E-state index >= 15 is 0 Å². The molecule has 0 saturated heterocycles. The lowest BCUT2D eigenvalue weighted by Crippen LogP contribution is -2.41. The molecule has 1 aromatic carbocycles. The predicted octanol–water partition coefficient (Wildman–Crippen LogP) is 4.60. The minimum atomic E-state index is -3.49. The van der Waals surface area contributed by atoms with Crippen LogP contribution in [-0.4, -0.2) is 35.4 Å². The van der Waals surface area contributed by atoms with Gasteiger partial charge in [-0.1, -0.05) is 38.5 Å². The van der Waals surface area contributed by atoms with Crippen molar-refractivity contribution >= 4 is 24.9 Å². The van der Waals surface area contributed by atoms with Gasteiger partial charge in [-0.15, -0.1) is 0 Å². The monoisotopic (exact) mass is 369 g/mol. The highest BCUT2D eigenvalue weighted by Gasteiger charge is 2.37. The topological polar surface area (TPSA) is 55.7 Å². The standard InChI is InChI=1S/C18H31NO3SSi/c1-15-10-12-16(13-11-15)23(20,21)17(19-5)9-8-14-22-24(6,7)18(2,3)4/h10-13,17H,5,8-9,14H2,1-4,6-7H3. The molecule has 0 aliphatic rings. The van der Waals surface area contributed by atoms with Crippen molar-refractivity contribution in [1.82, 2.24) is 0 Å². The molecule has 4 nitrogen and oxygen atoms in total. The Kier molecular flexibility index (Phi) is 6.96. The van der Waals surface area contributed by atoms with Crippen molar-refractivity contribution in [3.63, 3.8) is 0 Å². The molecule has 0 N–H and O–H groups in total. The first kappa shape index (κ1) is 21.1. The van der Waals surface area contributed by atoms with Gasteiger partial charge in [-0.05, 0) is 56.7 Å². The second kappa shape index (κ2) is 7.93. The molecule has 0 amide bonds. The maximum Gasteiger partial charge on any atom is 0.201 e. The average molecular weight is 370 g/mol. The number of aryl methyl sites for hydroxylation is 1. The van der Waals surface area contributed by atoms with Gasteiger partial charge in [0.05, 0.1) is 4.90 Å². The third-order valence-corrected chi connectivity index (χ3v) is 11.3. The smallest absolute Gasteiger partial charge is 0.201 e. The van der Waals surface area contributed by atoms with Crippen LogP contribution in [0.1, 0.15) is 39.2 Å². The van der Waals surface area contributed by atoms with E-state index in [1.54, 1.807) is 24.3 Å².